The third-order valence-corrected chi connectivity index (χ3v) is 16.6. The molecular formula is C64H58ClF5N8O4. The molecule has 9 aromatic rings. The van der Waals surface area contributed by atoms with E-state index in [-0.39, 0.29) is 86.7 Å². The minimum Gasteiger partial charge on any atom is -0.497 e. The average molecular weight is 1130 g/mol. The molecule has 3 aliphatic heterocycles. The Balaban J connectivity index is 1.04. The molecule has 0 bridgehead atoms. The number of hydrogen-bond acceptors (Lipinski definition) is 11. The van der Waals surface area contributed by atoms with Crippen molar-refractivity contribution >= 4 is 34.1 Å². The first-order valence-corrected chi connectivity index (χ1v) is 27.6. The van der Waals surface area contributed by atoms with Crippen molar-refractivity contribution in [3.8, 4) is 34.5 Å². The molecule has 3 aromatic heterocycles. The van der Waals surface area contributed by atoms with Crippen LogP contribution in [-0.4, -0.2) is 88.2 Å². The molecule has 6 aromatic carbocycles. The number of pyridine rings is 1. The lowest BCUT2D eigenvalue weighted by Crippen LogP contribution is -2.43. The lowest BCUT2D eigenvalue weighted by Gasteiger charge is -2.39. The van der Waals surface area contributed by atoms with Crippen molar-refractivity contribution in [2.75, 3.05) is 56.9 Å². The van der Waals surface area contributed by atoms with E-state index in [0.29, 0.717) is 24.5 Å². The fourth-order valence-corrected chi connectivity index (χ4v) is 12.7. The zero-order valence-electron chi connectivity index (χ0n) is 45.3. The highest BCUT2D eigenvalue weighted by molar-refractivity contribution is 6.36. The molecule has 0 amide bonds. The van der Waals surface area contributed by atoms with Crippen LogP contribution in [-0.2, 0) is 31.3 Å². The molecule has 12 rings (SSSR count). The molecule has 0 aliphatic carbocycles. The number of hydrogen-bond donors (Lipinski definition) is 0. The molecule has 3 aliphatic rings. The summed E-state index contributed by atoms with van der Waals surface area (Å²) in [7, 11) is 3.12. The third-order valence-electron chi connectivity index (χ3n) is 16.2. The van der Waals surface area contributed by atoms with Gasteiger partial charge in [-0.05, 0) is 90.0 Å². The van der Waals surface area contributed by atoms with E-state index in [9.17, 15) is 0 Å². The molecule has 18 heteroatoms. The number of imidazole rings is 1. The second-order valence-corrected chi connectivity index (χ2v) is 21.5. The molecule has 0 N–H and O–H groups in total. The Labute approximate surface area is 476 Å². The summed E-state index contributed by atoms with van der Waals surface area (Å²) in [6, 6.07) is 46.1. The molecular weight excluding hydrogens is 1080 g/mol. The van der Waals surface area contributed by atoms with E-state index in [1.807, 2.05) is 88.7 Å². The Morgan fingerprint density at radius 2 is 1.38 bits per heavy atom. The van der Waals surface area contributed by atoms with Gasteiger partial charge in [0, 0.05) is 32.3 Å². The van der Waals surface area contributed by atoms with Gasteiger partial charge in [0.15, 0.2) is 11.6 Å². The van der Waals surface area contributed by atoms with Crippen molar-refractivity contribution < 1.29 is 40.9 Å². The highest BCUT2D eigenvalue weighted by Crippen LogP contribution is 2.52. The summed E-state index contributed by atoms with van der Waals surface area (Å²) >= 11 is 7.40. The second kappa shape index (κ2) is 22.2. The number of halogens is 6. The molecule has 82 heavy (non-hydrogen) atoms. The fraction of sp³-hybridized carbons (Fsp3) is 0.281. The van der Waals surface area contributed by atoms with Crippen molar-refractivity contribution in [1.29, 1.82) is 0 Å². The summed E-state index contributed by atoms with van der Waals surface area (Å²) < 4.78 is 107. The summed E-state index contributed by atoms with van der Waals surface area (Å²) in [5.74, 6) is 0.204. The Kier molecular flexibility index (Phi) is 14.7. The van der Waals surface area contributed by atoms with Crippen LogP contribution in [0.15, 0.2) is 158 Å². The minimum atomic E-state index is -5.04. The number of aryl methyl sites for hydroxylation is 1. The first kappa shape index (κ1) is 54.3. The van der Waals surface area contributed by atoms with E-state index in [0.717, 1.165) is 39.9 Å². The van der Waals surface area contributed by atoms with E-state index in [1.165, 1.54) is 13.0 Å². The lowest BCUT2D eigenvalue weighted by molar-refractivity contribution is -0.137. The molecule has 0 unspecified atom stereocenters. The number of fused-ring (bicyclic) bond motifs is 1. The molecule has 0 radical (unpaired) electrons. The normalized spacial score (nSPS) is 17.1. The zero-order valence-corrected chi connectivity index (χ0v) is 46.1. The van der Waals surface area contributed by atoms with Crippen molar-refractivity contribution in [1.82, 2.24) is 29.4 Å². The quantitative estimate of drug-likeness (QED) is 0.0643. The maximum absolute atomic E-state index is 18.6. The van der Waals surface area contributed by atoms with Gasteiger partial charge in [-0.1, -0.05) is 127 Å². The predicted octanol–water partition coefficient (Wildman–Crippen LogP) is 13.4. The van der Waals surface area contributed by atoms with Crippen LogP contribution < -0.4 is 28.7 Å². The Bertz CT molecular complexity index is 3600. The lowest BCUT2D eigenvalue weighted by atomic mass is 9.76. The molecule has 2 fully saturated rings. The van der Waals surface area contributed by atoms with Gasteiger partial charge in [0.25, 0.3) is 0 Å². The van der Waals surface area contributed by atoms with Crippen LogP contribution in [0.25, 0.3) is 22.2 Å². The van der Waals surface area contributed by atoms with E-state index in [1.54, 1.807) is 51.0 Å². The molecule has 2 atom stereocenters. The van der Waals surface area contributed by atoms with Crippen molar-refractivity contribution in [3.63, 3.8) is 0 Å². The first-order valence-electron chi connectivity index (χ1n) is 27.2. The topological polar surface area (TPSA) is 103 Å². The van der Waals surface area contributed by atoms with E-state index >= 15 is 22.0 Å². The maximum Gasteiger partial charge on any atom is 0.418 e. The van der Waals surface area contributed by atoms with Gasteiger partial charge >= 0.3 is 12.2 Å². The molecule has 0 spiro atoms. The number of alkyl halides is 4. The van der Waals surface area contributed by atoms with Crippen molar-refractivity contribution in [3.05, 3.63) is 214 Å². The van der Waals surface area contributed by atoms with E-state index in [2.05, 4.69) is 45.9 Å². The van der Waals surface area contributed by atoms with Gasteiger partial charge in [0.05, 0.1) is 72.1 Å². The number of aromatic nitrogens is 5. The molecule has 6 heterocycles. The second-order valence-electron chi connectivity index (χ2n) is 21.2. The fourth-order valence-electron chi connectivity index (χ4n) is 12.4. The average Bonchev–Trinajstić information content (AvgIpc) is 2.34. The number of anilines is 2. The van der Waals surface area contributed by atoms with Gasteiger partial charge in [-0.25, -0.2) is 18.7 Å². The summed E-state index contributed by atoms with van der Waals surface area (Å²) in [5.41, 5.74) is 0.341. The van der Waals surface area contributed by atoms with Crippen LogP contribution in [0.2, 0.25) is 5.02 Å². The molecule has 2 saturated heterocycles. The van der Waals surface area contributed by atoms with Gasteiger partial charge in [0.1, 0.15) is 53.6 Å². The number of benzene rings is 6. The highest BCUT2D eigenvalue weighted by atomic mass is 35.5. The van der Waals surface area contributed by atoms with Gasteiger partial charge < -0.3 is 33.3 Å². The van der Waals surface area contributed by atoms with Gasteiger partial charge in [0.2, 0.25) is 0 Å². The Morgan fingerprint density at radius 3 is 1.95 bits per heavy atom. The summed E-state index contributed by atoms with van der Waals surface area (Å²) in [6.07, 6.45) is -0.811. The standard InChI is InChI=1S/C64H58ClF5N8O4/c1-41-32-51(76(35-42-20-24-49(79-2)25-21-42)36-43-22-26-50(80-3)27-23-43)72-57(54(41)64(68,69)70)52-55(65)59-53-58(56(52)67)73-61(82-39-62-28-13-29-77(62)37-47(66)33-62)74-60(53)75(30-31-81-59)38-48-34-71-40-78(48)63(44-14-7-4-8-15-44,45-16-9-5-10-17-45)46-18-11-6-12-19-46/h4-12,14-27,32,34,40,47H,13,28-31,33,35-39H2,1-3H3/t47-,62+/m1/s1. The third kappa shape index (κ3) is 9.97. The first-order chi connectivity index (χ1) is 39.8. The van der Waals surface area contributed by atoms with E-state index < -0.39 is 56.6 Å². The highest BCUT2D eigenvalue weighted by Gasteiger charge is 2.50. The van der Waals surface area contributed by atoms with Crippen LogP contribution >= 0.6 is 11.6 Å². The molecule has 12 nitrogen and oxygen atoms in total. The summed E-state index contributed by atoms with van der Waals surface area (Å²) in [5, 5.41) is -0.423. The molecule has 420 valence electrons. The van der Waals surface area contributed by atoms with Crippen LogP contribution in [0.5, 0.6) is 23.3 Å². The van der Waals surface area contributed by atoms with Crippen LogP contribution in [0.1, 0.15) is 63.9 Å². The number of rotatable bonds is 17. The number of ether oxygens (including phenoxy) is 4. The minimum absolute atomic E-state index is 0.0104. The summed E-state index contributed by atoms with van der Waals surface area (Å²) in [4.78, 5) is 25.1. The van der Waals surface area contributed by atoms with Crippen molar-refractivity contribution in [2.45, 2.75) is 69.2 Å². The van der Waals surface area contributed by atoms with Gasteiger partial charge in [-0.2, -0.15) is 23.1 Å². The predicted molar refractivity (Wildman–Crippen MR) is 305 cm³/mol. The van der Waals surface area contributed by atoms with Gasteiger partial charge in [-0.3, -0.25) is 4.90 Å². The van der Waals surface area contributed by atoms with E-state index in [4.69, 9.17) is 50.5 Å². The van der Waals surface area contributed by atoms with Crippen molar-refractivity contribution in [2.24, 2.45) is 0 Å². The summed E-state index contributed by atoms with van der Waals surface area (Å²) in [6.45, 7) is 2.82. The molecule has 0 saturated carbocycles. The SMILES string of the molecule is COc1ccc(CN(Cc2ccc(OC)cc2)c2cc(C)c(C(F)(F)F)c(-c3c(Cl)c4c5c(nc(OC[C@@]67CCCN6C[C@H](F)C7)nc5c3F)N(Cc3cncn3C(c3ccccc3)(c3ccccc3)c3ccccc3)CCO4)n2)cc1. The number of nitrogens with zero attached hydrogens (tertiary/aromatic N) is 8. The Hall–Kier alpha value is -8.28. The number of methoxy groups -OCH3 is 2. The van der Waals surface area contributed by atoms with Gasteiger partial charge in [-0.15, -0.1) is 0 Å². The van der Waals surface area contributed by atoms with Crippen LogP contribution in [0, 0.1) is 12.7 Å². The maximum atomic E-state index is 18.6. The smallest absolute Gasteiger partial charge is 0.418 e. The van der Waals surface area contributed by atoms with Crippen LogP contribution in [0.4, 0.5) is 33.6 Å². The Morgan fingerprint density at radius 1 is 0.780 bits per heavy atom. The monoisotopic (exact) mass is 1130 g/mol. The van der Waals surface area contributed by atoms with Crippen LogP contribution in [0.3, 0.4) is 0 Å². The zero-order chi connectivity index (χ0) is 56.8. The largest absolute Gasteiger partial charge is 0.497 e.